The topological polar surface area (TPSA) is 91.7 Å². The third kappa shape index (κ3) is 7.48. The molecule has 0 radical (unpaired) electrons. The van der Waals surface area contributed by atoms with Crippen LogP contribution in [0.4, 0.5) is 0 Å². The number of carbonyl (C=O) groups is 2. The molecule has 0 aliphatic rings. The fraction of sp³-hybridized carbons (Fsp3) is 0.0370. The van der Waals surface area contributed by atoms with Gasteiger partial charge in [-0.3, -0.25) is 14.2 Å². The van der Waals surface area contributed by atoms with E-state index in [2.05, 4.69) is 0 Å². The summed E-state index contributed by atoms with van der Waals surface area (Å²) >= 11 is 0. The quantitative estimate of drug-likeness (QED) is 0.294. The molecule has 0 aliphatic carbocycles. The fourth-order valence-electron chi connectivity index (χ4n) is 3.10. The highest BCUT2D eigenvalue weighted by Crippen LogP contribution is 2.38. The summed E-state index contributed by atoms with van der Waals surface area (Å²) in [6, 6.07) is 33.8. The lowest BCUT2D eigenvalue weighted by Gasteiger charge is -2.05. The van der Waals surface area contributed by atoms with Crippen molar-refractivity contribution >= 4 is 19.2 Å². The Hall–Kier alpha value is -3.63. The monoisotopic (exact) mass is 458 g/mol. The second kappa shape index (κ2) is 11.3. The Morgan fingerprint density at radius 3 is 1.12 bits per heavy atom. The average Bonchev–Trinajstić information content (AvgIpc) is 2.85. The molecule has 0 bridgehead atoms. The van der Waals surface area contributed by atoms with Crippen molar-refractivity contribution in [2.24, 2.45) is 0 Å². The van der Waals surface area contributed by atoms with E-state index in [1.54, 1.807) is 48.5 Å². The molecule has 0 atom stereocenters. The van der Waals surface area contributed by atoms with Gasteiger partial charge in [0.2, 0.25) is 0 Å². The summed E-state index contributed by atoms with van der Waals surface area (Å²) in [6.45, 7) is 0. The molecule has 0 saturated heterocycles. The van der Waals surface area contributed by atoms with Crippen LogP contribution in [0.2, 0.25) is 0 Å². The number of ketones is 2. The van der Waals surface area contributed by atoms with Crippen LogP contribution in [-0.4, -0.2) is 21.4 Å². The molecule has 0 unspecified atom stereocenters. The van der Waals surface area contributed by atoms with Gasteiger partial charge < -0.3 is 9.79 Å². The smallest absolute Gasteiger partial charge is 0.324 e. The molecular formula is C27H23O5P. The van der Waals surface area contributed by atoms with Crippen LogP contribution in [0.5, 0.6) is 0 Å². The van der Waals surface area contributed by atoms with Crippen LogP contribution in [0.1, 0.15) is 37.4 Å². The first kappa shape index (κ1) is 24.0. The predicted octanol–water partition coefficient (Wildman–Crippen LogP) is 5.51. The largest absolute Gasteiger partial charge is 0.329 e. The van der Waals surface area contributed by atoms with Gasteiger partial charge in [0.15, 0.2) is 11.6 Å². The average molecular weight is 458 g/mol. The van der Waals surface area contributed by atoms with E-state index in [1.165, 1.54) is 0 Å². The SMILES string of the molecule is O=C(c1ccccc1)c1ccc(CP(=O)(O)O)cc1.O=C(c1ccccc1)c1ccccc1. The molecule has 4 rings (SSSR count). The van der Waals surface area contributed by atoms with E-state index in [1.807, 2.05) is 66.7 Å². The lowest BCUT2D eigenvalue weighted by atomic mass is 10.0. The maximum Gasteiger partial charge on any atom is 0.329 e. The van der Waals surface area contributed by atoms with Gasteiger partial charge in [0, 0.05) is 22.3 Å². The Kier molecular flexibility index (Phi) is 8.22. The summed E-state index contributed by atoms with van der Waals surface area (Å²) in [6.07, 6.45) is -0.313. The highest BCUT2D eigenvalue weighted by molar-refractivity contribution is 7.50. The fourth-order valence-corrected chi connectivity index (χ4v) is 3.79. The Morgan fingerprint density at radius 2 is 0.818 bits per heavy atom. The summed E-state index contributed by atoms with van der Waals surface area (Å²) < 4.78 is 10.9. The van der Waals surface area contributed by atoms with Crippen molar-refractivity contribution in [2.45, 2.75) is 6.16 Å². The minimum absolute atomic E-state index is 0.0752. The molecule has 2 N–H and O–H groups in total. The Balaban J connectivity index is 0.000000194. The van der Waals surface area contributed by atoms with Crippen molar-refractivity contribution in [1.29, 1.82) is 0 Å². The van der Waals surface area contributed by atoms with Crippen LogP contribution in [0, 0.1) is 0 Å². The molecule has 0 heterocycles. The normalized spacial score (nSPS) is 10.6. The van der Waals surface area contributed by atoms with Gasteiger partial charge in [-0.2, -0.15) is 0 Å². The van der Waals surface area contributed by atoms with Gasteiger partial charge in [0.25, 0.3) is 0 Å². The molecule has 166 valence electrons. The number of hydrogen-bond acceptors (Lipinski definition) is 3. The van der Waals surface area contributed by atoms with E-state index in [0.717, 1.165) is 11.1 Å². The highest BCUT2D eigenvalue weighted by Gasteiger charge is 2.14. The van der Waals surface area contributed by atoms with E-state index < -0.39 is 7.60 Å². The first-order valence-electron chi connectivity index (χ1n) is 10.2. The van der Waals surface area contributed by atoms with E-state index in [9.17, 15) is 14.2 Å². The van der Waals surface area contributed by atoms with Crippen LogP contribution in [-0.2, 0) is 10.7 Å². The first-order valence-corrected chi connectivity index (χ1v) is 12.0. The van der Waals surface area contributed by atoms with E-state index in [4.69, 9.17) is 9.79 Å². The second-order valence-electron chi connectivity index (χ2n) is 7.28. The molecule has 0 aliphatic heterocycles. The summed E-state index contributed by atoms with van der Waals surface area (Å²) in [7, 11) is -4.07. The van der Waals surface area contributed by atoms with Crippen molar-refractivity contribution in [3.8, 4) is 0 Å². The Labute approximate surface area is 192 Å². The standard InChI is InChI=1S/C14H13O4P.C13H10O/c15-14(12-4-2-1-3-5-12)13-8-6-11(7-9-13)10-19(16,17)18;14-13(11-7-3-1-4-8-11)12-9-5-2-6-10-12/h1-9H,10H2,(H2,16,17,18);1-10H. The predicted molar refractivity (Wildman–Crippen MR) is 128 cm³/mol. The van der Waals surface area contributed by atoms with Gasteiger partial charge >= 0.3 is 7.60 Å². The molecule has 5 nitrogen and oxygen atoms in total. The van der Waals surface area contributed by atoms with Crippen molar-refractivity contribution in [1.82, 2.24) is 0 Å². The molecule has 0 amide bonds. The Bertz CT molecular complexity index is 1190. The molecule has 0 spiro atoms. The molecule has 6 heteroatoms. The van der Waals surface area contributed by atoms with E-state index in [0.29, 0.717) is 16.7 Å². The zero-order valence-corrected chi connectivity index (χ0v) is 18.6. The van der Waals surface area contributed by atoms with Crippen molar-refractivity contribution in [3.63, 3.8) is 0 Å². The zero-order chi connectivity index (χ0) is 23.7. The minimum atomic E-state index is -4.07. The molecular weight excluding hydrogens is 435 g/mol. The summed E-state index contributed by atoms with van der Waals surface area (Å²) in [4.78, 5) is 41.7. The maximum absolute atomic E-state index is 12.1. The van der Waals surface area contributed by atoms with Gasteiger partial charge in [-0.25, -0.2) is 0 Å². The van der Waals surface area contributed by atoms with Crippen LogP contribution in [0.15, 0.2) is 115 Å². The molecule has 4 aromatic carbocycles. The minimum Gasteiger partial charge on any atom is -0.324 e. The molecule has 33 heavy (non-hydrogen) atoms. The Morgan fingerprint density at radius 1 is 0.515 bits per heavy atom. The van der Waals surface area contributed by atoms with E-state index in [-0.39, 0.29) is 17.7 Å². The first-order chi connectivity index (χ1) is 15.8. The molecule has 0 fully saturated rings. The highest BCUT2D eigenvalue weighted by atomic mass is 31.2. The van der Waals surface area contributed by atoms with Crippen LogP contribution in [0.3, 0.4) is 0 Å². The van der Waals surface area contributed by atoms with Crippen LogP contribution >= 0.6 is 7.60 Å². The summed E-state index contributed by atoms with van der Waals surface area (Å²) in [5.41, 5.74) is 3.07. The van der Waals surface area contributed by atoms with Crippen molar-refractivity contribution < 1.29 is 23.9 Å². The van der Waals surface area contributed by atoms with Crippen LogP contribution in [0.25, 0.3) is 0 Å². The number of hydrogen-bond donors (Lipinski definition) is 2. The third-order valence-electron chi connectivity index (χ3n) is 4.71. The van der Waals surface area contributed by atoms with Crippen LogP contribution < -0.4 is 0 Å². The molecule has 4 aromatic rings. The van der Waals surface area contributed by atoms with E-state index >= 15 is 0 Å². The third-order valence-corrected chi connectivity index (χ3v) is 5.49. The lowest BCUT2D eigenvalue weighted by molar-refractivity contribution is 0.103. The van der Waals surface area contributed by atoms with Gasteiger partial charge in [0.1, 0.15) is 0 Å². The van der Waals surface area contributed by atoms with Gasteiger partial charge in [-0.1, -0.05) is 115 Å². The molecule has 0 saturated carbocycles. The zero-order valence-electron chi connectivity index (χ0n) is 17.7. The van der Waals surface area contributed by atoms with Gasteiger partial charge in [-0.05, 0) is 5.56 Å². The summed E-state index contributed by atoms with van der Waals surface area (Å²) in [5.74, 6) is -0.0328. The van der Waals surface area contributed by atoms with Gasteiger partial charge in [-0.15, -0.1) is 0 Å². The number of rotatable bonds is 6. The maximum atomic E-state index is 12.1. The van der Waals surface area contributed by atoms with Gasteiger partial charge in [0.05, 0.1) is 6.16 Å². The molecule has 0 aromatic heterocycles. The lowest BCUT2D eigenvalue weighted by Crippen LogP contribution is -2.01. The van der Waals surface area contributed by atoms with Crippen molar-refractivity contribution in [2.75, 3.05) is 0 Å². The number of carbonyl (C=O) groups excluding carboxylic acids is 2. The summed E-state index contributed by atoms with van der Waals surface area (Å²) in [5, 5.41) is 0. The second-order valence-corrected chi connectivity index (χ2v) is 8.92. The number of benzene rings is 4. The van der Waals surface area contributed by atoms with Crippen molar-refractivity contribution in [3.05, 3.63) is 143 Å².